The van der Waals surface area contributed by atoms with Crippen molar-refractivity contribution in [2.45, 2.75) is 6.18 Å². The predicted octanol–water partition coefficient (Wildman–Crippen LogP) is 4.32. The number of nitrogens with one attached hydrogen (secondary N) is 1. The van der Waals surface area contributed by atoms with Gasteiger partial charge in [-0.3, -0.25) is 14.9 Å². The van der Waals surface area contributed by atoms with Crippen LogP contribution in [0.25, 0.3) is 11.1 Å². The quantitative estimate of drug-likeness (QED) is 0.630. The zero-order chi connectivity index (χ0) is 20.5. The first-order valence-corrected chi connectivity index (χ1v) is 8.51. The van der Waals surface area contributed by atoms with E-state index in [9.17, 15) is 27.2 Å². The van der Waals surface area contributed by atoms with Crippen LogP contribution in [0.15, 0.2) is 48.7 Å². The molecule has 28 heavy (non-hydrogen) atoms. The summed E-state index contributed by atoms with van der Waals surface area (Å²) < 4.78 is 52.6. The number of carbonyl (C=O) groups is 2. The molecule has 1 heterocycles. The van der Waals surface area contributed by atoms with E-state index in [-0.39, 0.29) is 26.7 Å². The first kappa shape index (κ1) is 19.5. The molecule has 0 radical (unpaired) electrons. The molecule has 3 rings (SSSR count). The molecule has 2 aromatic carbocycles. The maximum Gasteiger partial charge on any atom is 0.416 e. The van der Waals surface area contributed by atoms with Gasteiger partial charge < -0.3 is 5.73 Å². The van der Waals surface area contributed by atoms with Gasteiger partial charge in [-0.25, -0.2) is 9.37 Å². The van der Waals surface area contributed by atoms with Crippen LogP contribution in [0.3, 0.4) is 0 Å². The van der Waals surface area contributed by atoms with Crippen molar-refractivity contribution in [1.82, 2.24) is 4.98 Å². The minimum absolute atomic E-state index is 0.0399. The SMILES string of the molecule is NC(=O)c1cnc(NC(=O)c2cc(F)ccc2-c2cccc(C(F)(F)F)c2)s1. The molecule has 3 N–H and O–H groups in total. The lowest BCUT2D eigenvalue weighted by Crippen LogP contribution is -2.13. The number of rotatable bonds is 4. The highest BCUT2D eigenvalue weighted by molar-refractivity contribution is 7.17. The van der Waals surface area contributed by atoms with Gasteiger partial charge >= 0.3 is 6.18 Å². The van der Waals surface area contributed by atoms with Crippen molar-refractivity contribution in [3.63, 3.8) is 0 Å². The Labute approximate surface area is 159 Å². The Hall–Kier alpha value is -3.27. The molecular weight excluding hydrogens is 398 g/mol. The molecule has 0 bridgehead atoms. The van der Waals surface area contributed by atoms with Crippen molar-refractivity contribution in [3.05, 3.63) is 70.5 Å². The summed E-state index contributed by atoms with van der Waals surface area (Å²) in [6, 6.07) is 7.52. The highest BCUT2D eigenvalue weighted by Gasteiger charge is 2.30. The third-order valence-electron chi connectivity index (χ3n) is 3.70. The third-order valence-corrected chi connectivity index (χ3v) is 4.62. The Morgan fingerprint density at radius 1 is 1.11 bits per heavy atom. The van der Waals surface area contributed by atoms with E-state index in [1.165, 1.54) is 24.4 Å². The number of nitrogens with two attached hydrogens (primary N) is 1. The van der Waals surface area contributed by atoms with Gasteiger partial charge in [-0.2, -0.15) is 13.2 Å². The van der Waals surface area contributed by atoms with Crippen LogP contribution in [0.2, 0.25) is 0 Å². The summed E-state index contributed by atoms with van der Waals surface area (Å²) in [6.07, 6.45) is -3.40. The second kappa shape index (κ2) is 7.39. The average Bonchev–Trinajstić information content (AvgIpc) is 3.10. The van der Waals surface area contributed by atoms with Gasteiger partial charge in [0.05, 0.1) is 17.3 Å². The first-order valence-electron chi connectivity index (χ1n) is 7.69. The second-order valence-corrected chi connectivity index (χ2v) is 6.65. The molecule has 5 nitrogen and oxygen atoms in total. The van der Waals surface area contributed by atoms with Crippen LogP contribution >= 0.6 is 11.3 Å². The summed E-state index contributed by atoms with van der Waals surface area (Å²) in [5.74, 6) is -2.26. The highest BCUT2D eigenvalue weighted by atomic mass is 32.1. The number of halogens is 4. The standard InChI is InChI=1S/C18H11F4N3O2S/c19-11-4-5-12(9-2-1-3-10(6-9)18(20,21)22)13(7-11)16(27)25-17-24-8-14(28-17)15(23)26/h1-8H,(H2,23,26)(H,24,25,27). The molecule has 0 fully saturated rings. The van der Waals surface area contributed by atoms with E-state index in [1.54, 1.807) is 0 Å². The van der Waals surface area contributed by atoms with E-state index in [0.29, 0.717) is 0 Å². The molecule has 0 saturated heterocycles. The summed E-state index contributed by atoms with van der Waals surface area (Å²) in [5, 5.41) is 2.43. The lowest BCUT2D eigenvalue weighted by Gasteiger charge is -2.12. The Kier molecular flexibility index (Phi) is 5.14. The molecular formula is C18H11F4N3O2S. The van der Waals surface area contributed by atoms with Crippen molar-refractivity contribution in [3.8, 4) is 11.1 Å². The molecule has 0 aliphatic rings. The van der Waals surface area contributed by atoms with E-state index in [0.717, 1.165) is 35.6 Å². The summed E-state index contributed by atoms with van der Waals surface area (Å²) >= 11 is 0.816. The zero-order valence-corrected chi connectivity index (χ0v) is 14.7. The number of alkyl halides is 3. The topological polar surface area (TPSA) is 85.1 Å². The predicted molar refractivity (Wildman–Crippen MR) is 95.4 cm³/mol. The van der Waals surface area contributed by atoms with E-state index >= 15 is 0 Å². The number of thiazole rings is 1. The van der Waals surface area contributed by atoms with Crippen LogP contribution < -0.4 is 11.1 Å². The maximum atomic E-state index is 13.7. The number of anilines is 1. The molecule has 0 spiro atoms. The largest absolute Gasteiger partial charge is 0.416 e. The number of primary amides is 1. The van der Waals surface area contributed by atoms with Gasteiger partial charge in [-0.05, 0) is 35.4 Å². The minimum atomic E-state index is -4.56. The fourth-order valence-electron chi connectivity index (χ4n) is 2.43. The van der Waals surface area contributed by atoms with Gasteiger partial charge in [0.15, 0.2) is 5.13 Å². The second-order valence-electron chi connectivity index (χ2n) is 5.62. The van der Waals surface area contributed by atoms with Crippen molar-refractivity contribution in [2.75, 3.05) is 5.32 Å². The summed E-state index contributed by atoms with van der Waals surface area (Å²) in [6.45, 7) is 0. The van der Waals surface area contributed by atoms with Gasteiger partial charge in [0.1, 0.15) is 10.7 Å². The van der Waals surface area contributed by atoms with Crippen LogP contribution in [0.5, 0.6) is 0 Å². The fraction of sp³-hybridized carbons (Fsp3) is 0.0556. The maximum absolute atomic E-state index is 13.7. The molecule has 0 aliphatic heterocycles. The molecule has 10 heteroatoms. The van der Waals surface area contributed by atoms with Crippen LogP contribution in [0, 0.1) is 5.82 Å². The summed E-state index contributed by atoms with van der Waals surface area (Å²) in [4.78, 5) is 27.6. The normalized spacial score (nSPS) is 11.3. The van der Waals surface area contributed by atoms with Crippen molar-refractivity contribution in [1.29, 1.82) is 0 Å². The van der Waals surface area contributed by atoms with Crippen molar-refractivity contribution >= 4 is 28.3 Å². The molecule has 3 aromatic rings. The van der Waals surface area contributed by atoms with Crippen LogP contribution in [-0.4, -0.2) is 16.8 Å². The van der Waals surface area contributed by atoms with Crippen LogP contribution in [0.4, 0.5) is 22.7 Å². The molecule has 2 amide bonds. The van der Waals surface area contributed by atoms with Gasteiger partial charge in [-0.15, -0.1) is 0 Å². The number of amides is 2. The monoisotopic (exact) mass is 409 g/mol. The van der Waals surface area contributed by atoms with Gasteiger partial charge in [-0.1, -0.05) is 29.5 Å². The highest BCUT2D eigenvalue weighted by Crippen LogP contribution is 2.33. The first-order chi connectivity index (χ1) is 13.1. The Morgan fingerprint density at radius 2 is 1.86 bits per heavy atom. The number of hydrogen-bond donors (Lipinski definition) is 2. The molecule has 0 saturated carbocycles. The Bertz CT molecular complexity index is 1060. The average molecular weight is 409 g/mol. The van der Waals surface area contributed by atoms with Gasteiger partial charge in [0, 0.05) is 0 Å². The lowest BCUT2D eigenvalue weighted by atomic mass is 9.97. The van der Waals surface area contributed by atoms with E-state index in [4.69, 9.17) is 5.73 Å². The Balaban J connectivity index is 1.99. The summed E-state index contributed by atoms with van der Waals surface area (Å²) in [7, 11) is 0. The Morgan fingerprint density at radius 3 is 2.50 bits per heavy atom. The molecule has 0 unspecified atom stereocenters. The minimum Gasteiger partial charge on any atom is -0.365 e. The fourth-order valence-corrected chi connectivity index (χ4v) is 3.09. The van der Waals surface area contributed by atoms with E-state index in [2.05, 4.69) is 10.3 Å². The molecule has 0 aliphatic carbocycles. The smallest absolute Gasteiger partial charge is 0.365 e. The summed E-state index contributed by atoms with van der Waals surface area (Å²) in [5.41, 5.74) is 4.24. The van der Waals surface area contributed by atoms with E-state index < -0.39 is 29.4 Å². The zero-order valence-electron chi connectivity index (χ0n) is 13.9. The number of nitrogens with zero attached hydrogens (tertiary/aromatic N) is 1. The van der Waals surface area contributed by atoms with Crippen molar-refractivity contribution in [2.24, 2.45) is 5.73 Å². The third kappa shape index (κ3) is 4.17. The number of aromatic nitrogens is 1. The number of benzene rings is 2. The molecule has 0 atom stereocenters. The lowest BCUT2D eigenvalue weighted by molar-refractivity contribution is -0.137. The van der Waals surface area contributed by atoms with Gasteiger partial charge in [0.2, 0.25) is 0 Å². The number of carbonyl (C=O) groups excluding carboxylic acids is 2. The van der Waals surface area contributed by atoms with Crippen LogP contribution in [0.1, 0.15) is 25.6 Å². The van der Waals surface area contributed by atoms with E-state index in [1.807, 2.05) is 0 Å². The molecule has 1 aromatic heterocycles. The molecule has 144 valence electrons. The van der Waals surface area contributed by atoms with Crippen LogP contribution in [-0.2, 0) is 6.18 Å². The number of hydrogen-bond acceptors (Lipinski definition) is 4. The van der Waals surface area contributed by atoms with Crippen molar-refractivity contribution < 1.29 is 27.2 Å². The van der Waals surface area contributed by atoms with Gasteiger partial charge in [0.25, 0.3) is 11.8 Å².